The zero-order chi connectivity index (χ0) is 21.2. The lowest BCUT2D eigenvalue weighted by Crippen LogP contribution is -2.49. The Hall–Kier alpha value is -1.69. The van der Waals surface area contributed by atoms with Gasteiger partial charge in [-0.1, -0.05) is 12.2 Å². The summed E-state index contributed by atoms with van der Waals surface area (Å²) >= 11 is 10.4. The van der Waals surface area contributed by atoms with Crippen molar-refractivity contribution in [3.05, 3.63) is 24.0 Å². The fraction of sp³-hybridized carbons (Fsp3) is 0.529. The number of carbonyl (C=O) groups excluding carboxylic acids is 1. The molecular weight excluding hydrogens is 443 g/mol. The minimum absolute atomic E-state index is 0.239. The van der Waals surface area contributed by atoms with Gasteiger partial charge >= 0.3 is 6.09 Å². The summed E-state index contributed by atoms with van der Waals surface area (Å²) < 4.78 is 45.0. The van der Waals surface area contributed by atoms with Gasteiger partial charge in [-0.25, -0.2) is 17.6 Å². The van der Waals surface area contributed by atoms with Crippen molar-refractivity contribution in [2.75, 3.05) is 54.3 Å². The van der Waals surface area contributed by atoms with Crippen LogP contribution in [0.25, 0.3) is 0 Å². The first kappa shape index (κ1) is 22.0. The molecule has 0 aliphatic carbocycles. The average molecular weight is 465 g/mol. The molecule has 0 aromatic heterocycles. The number of nitrogens with zero attached hydrogens (tertiary/aromatic N) is 3. The smallest absolute Gasteiger partial charge is 0.414 e. The number of rotatable bonds is 6. The van der Waals surface area contributed by atoms with Gasteiger partial charge in [0.15, 0.2) is 0 Å². The Labute approximate surface area is 179 Å². The molecule has 1 amide bonds. The molecule has 2 fully saturated rings. The number of piperazine rings is 1. The molecule has 160 valence electrons. The lowest BCUT2D eigenvalue weighted by molar-refractivity contribution is 0.143. The van der Waals surface area contributed by atoms with Crippen LogP contribution in [0, 0.1) is 5.82 Å². The zero-order valence-electron chi connectivity index (χ0n) is 15.8. The van der Waals surface area contributed by atoms with E-state index in [4.69, 9.17) is 28.6 Å². The van der Waals surface area contributed by atoms with Crippen LogP contribution in [0.3, 0.4) is 0 Å². The number of amides is 1. The number of halogens is 2. The maximum Gasteiger partial charge on any atom is 0.414 e. The molecule has 1 N–H and O–H groups in total. The Morgan fingerprint density at radius 1 is 1.34 bits per heavy atom. The predicted octanol–water partition coefficient (Wildman–Crippen LogP) is 1.74. The second kappa shape index (κ2) is 8.99. The molecule has 8 nitrogen and oxygen atoms in total. The highest BCUT2D eigenvalue weighted by molar-refractivity contribution is 7.90. The van der Waals surface area contributed by atoms with Crippen LogP contribution < -0.4 is 15.1 Å². The SMILES string of the molecule is CC(=S)NC[C@H]1CN(c2ccc(N3CCN(S(=O)(=O)CCl)CC3)c(F)c2)C(=O)O1. The van der Waals surface area contributed by atoms with E-state index in [-0.39, 0.29) is 19.2 Å². The van der Waals surface area contributed by atoms with Gasteiger partial charge in [0, 0.05) is 26.2 Å². The molecule has 1 aromatic carbocycles. The van der Waals surface area contributed by atoms with Gasteiger partial charge < -0.3 is 15.0 Å². The Bertz CT molecular complexity index is 893. The summed E-state index contributed by atoms with van der Waals surface area (Å²) in [6.45, 7) is 3.61. The van der Waals surface area contributed by atoms with Crippen molar-refractivity contribution in [1.82, 2.24) is 9.62 Å². The van der Waals surface area contributed by atoms with E-state index in [0.717, 1.165) is 0 Å². The van der Waals surface area contributed by atoms with Crippen LogP contribution in [0.1, 0.15) is 6.92 Å². The Morgan fingerprint density at radius 2 is 2.03 bits per heavy atom. The second-order valence-electron chi connectivity index (χ2n) is 6.80. The number of hydrogen-bond acceptors (Lipinski definition) is 6. The van der Waals surface area contributed by atoms with Crippen LogP contribution in [-0.4, -0.2) is 74.4 Å². The van der Waals surface area contributed by atoms with Crippen molar-refractivity contribution in [3.63, 3.8) is 0 Å². The minimum atomic E-state index is -3.47. The van der Waals surface area contributed by atoms with E-state index in [1.165, 1.54) is 15.3 Å². The molecule has 0 radical (unpaired) electrons. The Morgan fingerprint density at radius 3 is 2.62 bits per heavy atom. The summed E-state index contributed by atoms with van der Waals surface area (Å²) in [6, 6.07) is 4.54. The van der Waals surface area contributed by atoms with E-state index in [1.54, 1.807) is 24.0 Å². The third-order valence-corrected chi connectivity index (χ3v) is 7.21. The quantitative estimate of drug-likeness (QED) is 0.507. The van der Waals surface area contributed by atoms with E-state index in [0.29, 0.717) is 42.5 Å². The molecule has 1 aromatic rings. The van der Waals surface area contributed by atoms with Crippen LogP contribution in [-0.2, 0) is 14.8 Å². The van der Waals surface area contributed by atoms with E-state index in [9.17, 15) is 17.6 Å². The van der Waals surface area contributed by atoms with Gasteiger partial charge in [0.05, 0.1) is 29.5 Å². The zero-order valence-corrected chi connectivity index (χ0v) is 18.2. The molecule has 2 heterocycles. The maximum atomic E-state index is 14.8. The van der Waals surface area contributed by atoms with Crippen LogP contribution in [0.4, 0.5) is 20.6 Å². The first-order valence-corrected chi connectivity index (χ1v) is 11.6. The second-order valence-corrected chi connectivity index (χ2v) is 9.96. The molecule has 0 bridgehead atoms. The van der Waals surface area contributed by atoms with Crippen molar-refractivity contribution in [2.45, 2.75) is 13.0 Å². The van der Waals surface area contributed by atoms with Crippen LogP contribution in [0.5, 0.6) is 0 Å². The van der Waals surface area contributed by atoms with Crippen molar-refractivity contribution in [2.24, 2.45) is 0 Å². The fourth-order valence-corrected chi connectivity index (χ4v) is 4.65. The molecule has 12 heteroatoms. The lowest BCUT2D eigenvalue weighted by Gasteiger charge is -2.35. The summed E-state index contributed by atoms with van der Waals surface area (Å²) in [5, 5.41) is 2.48. The number of benzene rings is 1. The topological polar surface area (TPSA) is 82.2 Å². The molecule has 3 rings (SSSR count). The van der Waals surface area contributed by atoms with Crippen molar-refractivity contribution in [1.29, 1.82) is 0 Å². The number of nitrogens with one attached hydrogen (secondary N) is 1. The number of anilines is 2. The molecule has 2 aliphatic heterocycles. The van der Waals surface area contributed by atoms with Gasteiger partial charge in [0.25, 0.3) is 0 Å². The molecule has 29 heavy (non-hydrogen) atoms. The van der Waals surface area contributed by atoms with Gasteiger partial charge in [0.1, 0.15) is 17.1 Å². The number of thiocarbonyl (C=S) groups is 1. The summed E-state index contributed by atoms with van der Waals surface area (Å²) in [7, 11) is -3.47. The normalized spacial score (nSPS) is 20.7. The number of sulfonamides is 1. The minimum Gasteiger partial charge on any atom is -0.442 e. The van der Waals surface area contributed by atoms with Gasteiger partial charge in [-0.3, -0.25) is 4.90 Å². The third-order valence-electron chi connectivity index (χ3n) is 4.81. The Balaban J connectivity index is 1.65. The molecule has 0 unspecified atom stereocenters. The van der Waals surface area contributed by atoms with E-state index in [2.05, 4.69) is 5.32 Å². The van der Waals surface area contributed by atoms with Gasteiger partial charge in [-0.15, -0.1) is 11.6 Å². The van der Waals surface area contributed by atoms with Crippen LogP contribution in [0.2, 0.25) is 0 Å². The summed E-state index contributed by atoms with van der Waals surface area (Å²) in [4.78, 5) is 15.9. The van der Waals surface area contributed by atoms with Gasteiger partial charge in [-0.2, -0.15) is 4.31 Å². The standard InChI is InChI=1S/C17H22ClFN4O4S2/c1-12(28)20-9-14-10-23(17(24)27-14)13-2-3-16(15(19)8-13)21-4-6-22(7-5-21)29(25,26)11-18/h2-3,8,14H,4-7,9-11H2,1H3,(H,20,28)/t14-/m0/s1. The third kappa shape index (κ3) is 5.08. The first-order valence-electron chi connectivity index (χ1n) is 9.02. The predicted molar refractivity (Wildman–Crippen MR) is 114 cm³/mol. The molecule has 2 aliphatic rings. The monoisotopic (exact) mass is 464 g/mol. The van der Waals surface area contributed by atoms with E-state index < -0.39 is 27.1 Å². The highest BCUT2D eigenvalue weighted by atomic mass is 35.5. The van der Waals surface area contributed by atoms with Crippen LogP contribution >= 0.6 is 23.8 Å². The number of carbonyl (C=O) groups is 1. The number of alkyl halides is 1. The van der Waals surface area contributed by atoms with Gasteiger partial charge in [-0.05, 0) is 25.1 Å². The molecular formula is C17H22ClFN4O4S2. The fourth-order valence-electron chi connectivity index (χ4n) is 3.29. The Kier molecular flexibility index (Phi) is 6.82. The highest BCUT2D eigenvalue weighted by Gasteiger charge is 2.33. The first-order chi connectivity index (χ1) is 13.7. The van der Waals surface area contributed by atoms with Gasteiger partial charge in [0.2, 0.25) is 10.0 Å². The molecule has 0 spiro atoms. The number of cyclic esters (lactones) is 1. The summed E-state index contributed by atoms with van der Waals surface area (Å²) in [5.41, 5.74) is 0.764. The van der Waals surface area contributed by atoms with Crippen molar-refractivity contribution >= 4 is 56.3 Å². The lowest BCUT2D eigenvalue weighted by atomic mass is 10.2. The van der Waals surface area contributed by atoms with Crippen LogP contribution in [0.15, 0.2) is 18.2 Å². The number of ether oxygens (including phenoxy) is 1. The highest BCUT2D eigenvalue weighted by Crippen LogP contribution is 2.28. The molecule has 2 saturated heterocycles. The maximum absolute atomic E-state index is 14.8. The van der Waals surface area contributed by atoms with E-state index in [1.807, 2.05) is 0 Å². The molecule has 0 saturated carbocycles. The molecule has 1 atom stereocenters. The largest absolute Gasteiger partial charge is 0.442 e. The number of hydrogen-bond donors (Lipinski definition) is 1. The summed E-state index contributed by atoms with van der Waals surface area (Å²) in [6.07, 6.45) is -0.911. The summed E-state index contributed by atoms with van der Waals surface area (Å²) in [5.74, 6) is -0.486. The van der Waals surface area contributed by atoms with Crippen molar-refractivity contribution in [3.8, 4) is 0 Å². The van der Waals surface area contributed by atoms with E-state index >= 15 is 0 Å². The average Bonchev–Trinajstić information content (AvgIpc) is 3.07. The van der Waals surface area contributed by atoms with Crippen molar-refractivity contribution < 1.29 is 22.3 Å².